The molecule has 1 N–H and O–H groups in total. The first-order chi connectivity index (χ1) is 8.67. The van der Waals surface area contributed by atoms with Crippen LogP contribution >= 0.6 is 0 Å². The van der Waals surface area contributed by atoms with Crippen molar-refractivity contribution in [2.45, 2.75) is 59.0 Å². The van der Waals surface area contributed by atoms with Crippen molar-refractivity contribution < 1.29 is 4.74 Å². The number of nitrogens with one attached hydrogen (secondary N) is 1. The second-order valence-corrected chi connectivity index (χ2v) is 4.71. The summed E-state index contributed by atoms with van der Waals surface area (Å²) >= 11 is 0. The van der Waals surface area contributed by atoms with Crippen LogP contribution in [0.3, 0.4) is 0 Å². The SMILES string of the molecule is CCCCCCC(C)Oc1nc(NC)ncc1C. The van der Waals surface area contributed by atoms with Crippen LogP contribution in [0.1, 0.15) is 51.5 Å². The number of nitrogens with zero attached hydrogens (tertiary/aromatic N) is 2. The fourth-order valence-corrected chi connectivity index (χ4v) is 1.77. The second kappa shape index (κ2) is 7.90. The van der Waals surface area contributed by atoms with Gasteiger partial charge in [0.25, 0.3) is 0 Å². The van der Waals surface area contributed by atoms with Crippen molar-refractivity contribution in [2.24, 2.45) is 0 Å². The maximum atomic E-state index is 5.88. The topological polar surface area (TPSA) is 47.0 Å². The van der Waals surface area contributed by atoms with Gasteiger partial charge in [0.2, 0.25) is 11.8 Å². The molecule has 4 heteroatoms. The van der Waals surface area contributed by atoms with E-state index in [4.69, 9.17) is 4.74 Å². The van der Waals surface area contributed by atoms with E-state index >= 15 is 0 Å². The molecule has 1 aromatic rings. The fourth-order valence-electron chi connectivity index (χ4n) is 1.77. The molecule has 0 aliphatic heterocycles. The highest BCUT2D eigenvalue weighted by atomic mass is 16.5. The summed E-state index contributed by atoms with van der Waals surface area (Å²) in [7, 11) is 1.81. The third-order valence-corrected chi connectivity index (χ3v) is 2.93. The minimum absolute atomic E-state index is 0.208. The van der Waals surface area contributed by atoms with Crippen LogP contribution in [-0.2, 0) is 0 Å². The Kier molecular flexibility index (Phi) is 6.47. The van der Waals surface area contributed by atoms with E-state index in [1.165, 1.54) is 25.7 Å². The summed E-state index contributed by atoms with van der Waals surface area (Å²) in [6.45, 7) is 6.30. The zero-order chi connectivity index (χ0) is 13.4. The van der Waals surface area contributed by atoms with Gasteiger partial charge in [-0.15, -0.1) is 0 Å². The van der Waals surface area contributed by atoms with Gasteiger partial charge < -0.3 is 10.1 Å². The average Bonchev–Trinajstić information content (AvgIpc) is 2.37. The molecule has 0 bridgehead atoms. The molecule has 1 heterocycles. The first-order valence-electron chi connectivity index (χ1n) is 6.85. The third kappa shape index (κ3) is 4.90. The van der Waals surface area contributed by atoms with Crippen molar-refractivity contribution in [1.82, 2.24) is 9.97 Å². The van der Waals surface area contributed by atoms with Crippen LogP contribution in [0.15, 0.2) is 6.20 Å². The molecule has 0 aliphatic carbocycles. The minimum Gasteiger partial charge on any atom is -0.474 e. The number of anilines is 1. The molecule has 0 aromatic carbocycles. The molecule has 1 unspecified atom stereocenters. The van der Waals surface area contributed by atoms with E-state index in [-0.39, 0.29) is 6.10 Å². The lowest BCUT2D eigenvalue weighted by Crippen LogP contribution is -2.14. The first-order valence-corrected chi connectivity index (χ1v) is 6.85. The monoisotopic (exact) mass is 251 g/mol. The van der Waals surface area contributed by atoms with Crippen LogP contribution in [-0.4, -0.2) is 23.1 Å². The summed E-state index contributed by atoms with van der Waals surface area (Å²) in [6.07, 6.45) is 8.16. The Morgan fingerprint density at radius 3 is 2.78 bits per heavy atom. The van der Waals surface area contributed by atoms with Crippen LogP contribution in [0.25, 0.3) is 0 Å². The van der Waals surface area contributed by atoms with Gasteiger partial charge in [-0.3, -0.25) is 0 Å². The Hall–Kier alpha value is -1.32. The molecular formula is C14H25N3O. The lowest BCUT2D eigenvalue weighted by Gasteiger charge is -2.15. The van der Waals surface area contributed by atoms with Crippen LogP contribution in [0, 0.1) is 6.92 Å². The Morgan fingerprint density at radius 2 is 2.11 bits per heavy atom. The van der Waals surface area contributed by atoms with Crippen molar-refractivity contribution >= 4 is 5.95 Å². The van der Waals surface area contributed by atoms with E-state index < -0.39 is 0 Å². The van der Waals surface area contributed by atoms with Gasteiger partial charge in [0.05, 0.1) is 6.10 Å². The lowest BCUT2D eigenvalue weighted by molar-refractivity contribution is 0.196. The summed E-state index contributed by atoms with van der Waals surface area (Å²) in [4.78, 5) is 8.48. The quantitative estimate of drug-likeness (QED) is 0.718. The van der Waals surface area contributed by atoms with Crippen molar-refractivity contribution in [3.05, 3.63) is 11.8 Å². The predicted molar refractivity (Wildman–Crippen MR) is 75.2 cm³/mol. The average molecular weight is 251 g/mol. The molecule has 4 nitrogen and oxygen atoms in total. The molecule has 0 aliphatic rings. The van der Waals surface area contributed by atoms with E-state index in [1.54, 1.807) is 6.20 Å². The molecule has 0 spiro atoms. The van der Waals surface area contributed by atoms with Crippen molar-refractivity contribution in [1.29, 1.82) is 0 Å². The van der Waals surface area contributed by atoms with Gasteiger partial charge in [-0.1, -0.05) is 26.2 Å². The second-order valence-electron chi connectivity index (χ2n) is 4.71. The minimum atomic E-state index is 0.208. The number of aryl methyl sites for hydroxylation is 1. The molecule has 1 aromatic heterocycles. The molecule has 18 heavy (non-hydrogen) atoms. The Balaban J connectivity index is 2.45. The smallest absolute Gasteiger partial charge is 0.225 e. The summed E-state index contributed by atoms with van der Waals surface area (Å²) in [5.74, 6) is 1.30. The number of unbranched alkanes of at least 4 members (excludes halogenated alkanes) is 3. The molecule has 1 rings (SSSR count). The highest BCUT2D eigenvalue weighted by Gasteiger charge is 2.09. The van der Waals surface area contributed by atoms with Crippen LogP contribution in [0.4, 0.5) is 5.95 Å². The van der Waals surface area contributed by atoms with Crippen molar-refractivity contribution in [3.63, 3.8) is 0 Å². The van der Waals surface area contributed by atoms with Gasteiger partial charge in [0, 0.05) is 18.8 Å². The van der Waals surface area contributed by atoms with Gasteiger partial charge >= 0.3 is 0 Å². The zero-order valence-corrected chi connectivity index (χ0v) is 12.0. The molecule has 0 saturated heterocycles. The molecule has 0 amide bonds. The van der Waals surface area contributed by atoms with Gasteiger partial charge in [-0.2, -0.15) is 4.98 Å². The highest BCUT2D eigenvalue weighted by Crippen LogP contribution is 2.18. The zero-order valence-electron chi connectivity index (χ0n) is 12.0. The number of ether oxygens (including phenoxy) is 1. The van der Waals surface area contributed by atoms with Crippen molar-refractivity contribution in [2.75, 3.05) is 12.4 Å². The molecule has 102 valence electrons. The normalized spacial score (nSPS) is 12.2. The number of hydrogen-bond acceptors (Lipinski definition) is 4. The number of aromatic nitrogens is 2. The van der Waals surface area contributed by atoms with E-state index in [2.05, 4.69) is 29.1 Å². The fraction of sp³-hybridized carbons (Fsp3) is 0.714. The van der Waals surface area contributed by atoms with Crippen LogP contribution < -0.4 is 10.1 Å². The van der Waals surface area contributed by atoms with Gasteiger partial charge in [-0.05, 0) is 26.7 Å². The largest absolute Gasteiger partial charge is 0.474 e. The Labute approximate surface area is 110 Å². The third-order valence-electron chi connectivity index (χ3n) is 2.93. The molecular weight excluding hydrogens is 226 g/mol. The molecule has 0 saturated carbocycles. The molecule has 0 fully saturated rings. The lowest BCUT2D eigenvalue weighted by atomic mass is 10.1. The Bertz CT molecular complexity index is 355. The van der Waals surface area contributed by atoms with Crippen LogP contribution in [0.2, 0.25) is 0 Å². The molecule has 1 atom stereocenters. The standard InChI is InChI=1S/C14H25N3O/c1-5-6-7-8-9-12(3)18-13-11(2)10-16-14(15-4)17-13/h10,12H,5-9H2,1-4H3,(H,15,16,17). The van der Waals surface area contributed by atoms with E-state index in [1.807, 2.05) is 14.0 Å². The molecule has 0 radical (unpaired) electrons. The van der Waals surface area contributed by atoms with Crippen LogP contribution in [0.5, 0.6) is 5.88 Å². The number of rotatable bonds is 8. The maximum absolute atomic E-state index is 5.88. The first kappa shape index (κ1) is 14.7. The predicted octanol–water partition coefficient (Wildman–Crippen LogP) is 3.56. The van der Waals surface area contributed by atoms with Crippen molar-refractivity contribution in [3.8, 4) is 5.88 Å². The van der Waals surface area contributed by atoms with Gasteiger partial charge in [0.15, 0.2) is 0 Å². The van der Waals surface area contributed by atoms with E-state index in [0.29, 0.717) is 11.8 Å². The summed E-state index contributed by atoms with van der Waals surface area (Å²) in [6, 6.07) is 0. The Morgan fingerprint density at radius 1 is 1.33 bits per heavy atom. The summed E-state index contributed by atoms with van der Waals surface area (Å²) in [5.41, 5.74) is 0.981. The maximum Gasteiger partial charge on any atom is 0.225 e. The van der Waals surface area contributed by atoms with Gasteiger partial charge in [-0.25, -0.2) is 4.98 Å². The summed E-state index contributed by atoms with van der Waals surface area (Å²) in [5, 5.41) is 2.93. The van der Waals surface area contributed by atoms with E-state index in [9.17, 15) is 0 Å². The van der Waals surface area contributed by atoms with E-state index in [0.717, 1.165) is 12.0 Å². The highest BCUT2D eigenvalue weighted by molar-refractivity contribution is 5.31. The van der Waals surface area contributed by atoms with Gasteiger partial charge in [0.1, 0.15) is 0 Å². The summed E-state index contributed by atoms with van der Waals surface area (Å²) < 4.78 is 5.88. The number of hydrogen-bond donors (Lipinski definition) is 1.